The molecule has 44 heavy (non-hydrogen) atoms. The van der Waals surface area contributed by atoms with E-state index in [1.165, 1.54) is 24.8 Å². The van der Waals surface area contributed by atoms with E-state index in [0.717, 1.165) is 62.5 Å². The molecule has 8 heteroatoms. The van der Waals surface area contributed by atoms with Gasteiger partial charge in [0.2, 0.25) is 5.89 Å². The zero-order chi connectivity index (χ0) is 31.6. The Morgan fingerprint density at radius 1 is 1.18 bits per heavy atom. The first-order valence-electron chi connectivity index (χ1n) is 17.1. The number of hydrogen-bond acceptors (Lipinski definition) is 8. The van der Waals surface area contributed by atoms with E-state index in [1.807, 2.05) is 0 Å². The fourth-order valence-corrected chi connectivity index (χ4v) is 8.66. The van der Waals surface area contributed by atoms with E-state index in [-0.39, 0.29) is 24.1 Å². The molecular formula is C36H54N2O6. The van der Waals surface area contributed by atoms with E-state index in [4.69, 9.17) is 14.2 Å². The van der Waals surface area contributed by atoms with Crippen molar-refractivity contribution >= 4 is 5.97 Å². The maximum absolute atomic E-state index is 12.9. The number of allylic oxidation sites excluding steroid dienone is 3. The molecule has 3 N–H and O–H groups in total. The molecule has 1 unspecified atom stereocenters. The van der Waals surface area contributed by atoms with E-state index in [1.54, 1.807) is 6.92 Å². The Hall–Kier alpha value is -2.29. The van der Waals surface area contributed by atoms with Crippen LogP contribution >= 0.6 is 0 Å². The molecule has 8 atom stereocenters. The highest BCUT2D eigenvalue weighted by molar-refractivity contribution is 5.72. The fourth-order valence-electron chi connectivity index (χ4n) is 8.66. The van der Waals surface area contributed by atoms with Gasteiger partial charge in [-0.25, -0.2) is 0 Å². The number of fused-ring (bicyclic) bond motifs is 1. The number of carbonyl (C=O) groups excluding carboxylic acids is 1. The monoisotopic (exact) mass is 610 g/mol. The SMILES string of the molecule is C=C1C(=CC=C2CCC[C@]3(C)[C@@H]([C@H](C)CC[C@@H](OC(=O)C(C)CO)C4(c5nc(CCC)no5)CC4)CC[C@@H]23)C[C@@H](O)C[C@@H]1O. The van der Waals surface area contributed by atoms with E-state index >= 15 is 0 Å². The van der Waals surface area contributed by atoms with Crippen molar-refractivity contribution in [1.29, 1.82) is 0 Å². The van der Waals surface area contributed by atoms with Gasteiger partial charge in [-0.2, -0.15) is 4.98 Å². The van der Waals surface area contributed by atoms with Crippen molar-refractivity contribution in [1.82, 2.24) is 10.1 Å². The van der Waals surface area contributed by atoms with E-state index < -0.39 is 23.5 Å². The zero-order valence-electron chi connectivity index (χ0n) is 27.3. The molecule has 0 aliphatic heterocycles. The van der Waals surface area contributed by atoms with Crippen LogP contribution in [0.25, 0.3) is 0 Å². The second kappa shape index (κ2) is 13.6. The fraction of sp³-hybridized carbons (Fsp3) is 0.750. The summed E-state index contributed by atoms with van der Waals surface area (Å²) in [5, 5.41) is 34.3. The largest absolute Gasteiger partial charge is 0.461 e. The highest BCUT2D eigenvalue weighted by Crippen LogP contribution is 2.60. The van der Waals surface area contributed by atoms with Crippen LogP contribution in [-0.4, -0.2) is 56.3 Å². The van der Waals surface area contributed by atoms with Crippen molar-refractivity contribution in [3.05, 3.63) is 47.2 Å². The maximum atomic E-state index is 12.9. The molecule has 0 bridgehead atoms. The number of aromatic nitrogens is 2. The van der Waals surface area contributed by atoms with Crippen LogP contribution in [0, 0.1) is 29.1 Å². The molecule has 5 rings (SSSR count). The summed E-state index contributed by atoms with van der Waals surface area (Å²) < 4.78 is 11.9. The van der Waals surface area contributed by atoms with Gasteiger partial charge in [0.15, 0.2) is 5.82 Å². The molecule has 4 fully saturated rings. The van der Waals surface area contributed by atoms with Crippen LogP contribution in [0.2, 0.25) is 0 Å². The molecule has 244 valence electrons. The van der Waals surface area contributed by atoms with Crippen LogP contribution in [0.4, 0.5) is 0 Å². The van der Waals surface area contributed by atoms with Gasteiger partial charge in [-0.3, -0.25) is 4.79 Å². The molecule has 4 aliphatic carbocycles. The number of ether oxygens (including phenoxy) is 1. The Bertz CT molecular complexity index is 1250. The van der Waals surface area contributed by atoms with Crippen LogP contribution in [0.1, 0.15) is 116 Å². The summed E-state index contributed by atoms with van der Waals surface area (Å²) in [5.74, 6) is 1.91. The molecule has 1 aromatic rings. The summed E-state index contributed by atoms with van der Waals surface area (Å²) in [7, 11) is 0. The van der Waals surface area contributed by atoms with Crippen LogP contribution in [0.3, 0.4) is 0 Å². The lowest BCUT2D eigenvalue weighted by Gasteiger charge is -2.44. The summed E-state index contributed by atoms with van der Waals surface area (Å²) in [4.78, 5) is 17.6. The summed E-state index contributed by atoms with van der Waals surface area (Å²) >= 11 is 0. The lowest BCUT2D eigenvalue weighted by molar-refractivity contribution is -0.157. The number of esters is 1. The quantitative estimate of drug-likeness (QED) is 0.241. The molecule has 1 heterocycles. The van der Waals surface area contributed by atoms with Gasteiger partial charge in [0, 0.05) is 12.8 Å². The molecule has 4 saturated carbocycles. The van der Waals surface area contributed by atoms with Gasteiger partial charge in [0.05, 0.1) is 30.1 Å². The van der Waals surface area contributed by atoms with Gasteiger partial charge in [0.1, 0.15) is 6.10 Å². The van der Waals surface area contributed by atoms with Gasteiger partial charge in [0.25, 0.3) is 0 Å². The Balaban J connectivity index is 1.29. The average molecular weight is 611 g/mol. The molecular weight excluding hydrogens is 556 g/mol. The summed E-state index contributed by atoms with van der Waals surface area (Å²) in [5.41, 5.74) is 2.98. The highest BCUT2D eigenvalue weighted by Gasteiger charge is 2.58. The standard InChI is InChI=1S/C36H54N2O6/c1-6-8-32-37-34(44-38-32)36(17-18-36)31(43-33(42)23(3)21-39)15-10-22(2)28-13-14-29-25(9-7-16-35(28,29)5)11-12-26-19-27(40)20-30(41)24(26)4/h11-12,22-23,27-31,39-41H,4,6-10,13-21H2,1-3,5H3/t22-,23?,27-,28-,29+,30+,31-,35-/m1/s1. The molecule has 8 nitrogen and oxygen atoms in total. The summed E-state index contributed by atoms with van der Waals surface area (Å²) in [6, 6.07) is 0. The Labute approximate surface area is 263 Å². The van der Waals surface area contributed by atoms with Gasteiger partial charge < -0.3 is 24.6 Å². The molecule has 0 saturated heterocycles. The maximum Gasteiger partial charge on any atom is 0.311 e. The van der Waals surface area contributed by atoms with Crippen molar-refractivity contribution in [3.8, 4) is 0 Å². The number of aryl methyl sites for hydroxylation is 1. The van der Waals surface area contributed by atoms with Crippen LogP contribution in [0.15, 0.2) is 40.0 Å². The zero-order valence-corrected chi connectivity index (χ0v) is 27.3. The highest BCUT2D eigenvalue weighted by atomic mass is 16.5. The summed E-state index contributed by atoms with van der Waals surface area (Å²) in [6.07, 6.45) is 14.7. The minimum atomic E-state index is -0.667. The third-order valence-corrected chi connectivity index (χ3v) is 11.6. The Kier molecular flexibility index (Phi) is 10.2. The smallest absolute Gasteiger partial charge is 0.311 e. The second-order valence-electron chi connectivity index (χ2n) is 14.6. The van der Waals surface area contributed by atoms with Crippen molar-refractivity contribution in [2.24, 2.45) is 29.1 Å². The number of aliphatic hydroxyl groups excluding tert-OH is 3. The van der Waals surface area contributed by atoms with Crippen molar-refractivity contribution in [3.63, 3.8) is 0 Å². The van der Waals surface area contributed by atoms with Crippen LogP contribution in [0.5, 0.6) is 0 Å². The van der Waals surface area contributed by atoms with Crippen LogP contribution < -0.4 is 0 Å². The van der Waals surface area contributed by atoms with Crippen molar-refractivity contribution < 1.29 is 29.4 Å². The van der Waals surface area contributed by atoms with Gasteiger partial charge in [-0.1, -0.05) is 50.2 Å². The third kappa shape index (κ3) is 6.63. The minimum absolute atomic E-state index is 0.209. The van der Waals surface area contributed by atoms with E-state index in [2.05, 4.69) is 44.7 Å². The molecule has 0 spiro atoms. The van der Waals surface area contributed by atoms with Crippen LogP contribution in [-0.2, 0) is 21.4 Å². The normalized spacial score (nSPS) is 33.7. The van der Waals surface area contributed by atoms with Gasteiger partial charge in [-0.05, 0) is 112 Å². The summed E-state index contributed by atoms with van der Waals surface area (Å²) in [6.45, 7) is 12.5. The van der Waals surface area contributed by atoms with Crippen molar-refractivity contribution in [2.75, 3.05) is 6.61 Å². The molecule has 0 amide bonds. The van der Waals surface area contributed by atoms with E-state index in [0.29, 0.717) is 42.3 Å². The second-order valence-corrected chi connectivity index (χ2v) is 14.6. The van der Waals surface area contributed by atoms with E-state index in [9.17, 15) is 20.1 Å². The van der Waals surface area contributed by atoms with Gasteiger partial charge >= 0.3 is 5.97 Å². The molecule has 4 aliphatic rings. The molecule has 1 aromatic heterocycles. The average Bonchev–Trinajstić information content (AvgIpc) is 3.52. The Morgan fingerprint density at radius 2 is 1.95 bits per heavy atom. The van der Waals surface area contributed by atoms with Gasteiger partial charge in [-0.15, -0.1) is 0 Å². The Morgan fingerprint density at radius 3 is 2.66 bits per heavy atom. The first-order chi connectivity index (χ1) is 21.0. The number of aliphatic hydroxyl groups is 3. The molecule has 0 radical (unpaired) electrons. The lowest BCUT2D eigenvalue weighted by atomic mass is 9.60. The number of carbonyl (C=O) groups is 1. The predicted molar refractivity (Wildman–Crippen MR) is 168 cm³/mol. The molecule has 0 aromatic carbocycles. The lowest BCUT2D eigenvalue weighted by Crippen LogP contribution is -2.37. The minimum Gasteiger partial charge on any atom is -0.461 e. The first-order valence-corrected chi connectivity index (χ1v) is 17.1. The topological polar surface area (TPSA) is 126 Å². The first kappa shape index (κ1) is 33.1. The van der Waals surface area contributed by atoms with Crippen molar-refractivity contribution in [2.45, 2.75) is 135 Å². The third-order valence-electron chi connectivity index (χ3n) is 11.6. The number of hydrogen-bond donors (Lipinski definition) is 3. The number of nitrogens with zero attached hydrogens (tertiary/aromatic N) is 2. The predicted octanol–water partition coefficient (Wildman–Crippen LogP) is 6.15. The number of rotatable bonds is 12.